The Balaban J connectivity index is 2.22. The van der Waals surface area contributed by atoms with E-state index < -0.39 is 0 Å². The van der Waals surface area contributed by atoms with Gasteiger partial charge in [-0.1, -0.05) is 30.3 Å². The highest BCUT2D eigenvalue weighted by molar-refractivity contribution is 5.76. The summed E-state index contributed by atoms with van der Waals surface area (Å²) in [6, 6.07) is 16.2. The number of aromatic nitrogens is 2. The highest BCUT2D eigenvalue weighted by atomic mass is 15.3. The molecule has 21 heavy (non-hydrogen) atoms. The van der Waals surface area contributed by atoms with Crippen LogP contribution in [0.25, 0.3) is 16.8 Å². The molecule has 0 atom stereocenters. The van der Waals surface area contributed by atoms with Gasteiger partial charge in [0.1, 0.15) is 0 Å². The van der Waals surface area contributed by atoms with Crippen LogP contribution in [-0.4, -0.2) is 9.78 Å². The molecular formula is C18H19N3. The van der Waals surface area contributed by atoms with Crippen LogP contribution in [0, 0.1) is 20.8 Å². The van der Waals surface area contributed by atoms with E-state index in [1.165, 1.54) is 5.56 Å². The quantitative estimate of drug-likeness (QED) is 0.718. The Morgan fingerprint density at radius 3 is 2.33 bits per heavy atom. The molecule has 3 rings (SSSR count). The molecule has 0 spiro atoms. The fraction of sp³-hybridized carbons (Fsp3) is 0.167. The standard InChI is InChI=1S/C18H19N3/c1-12-16(10-7-11-17(12)19)18-13(2)20-21(14(18)3)15-8-5-4-6-9-15/h4-11H,19H2,1-3H3. The number of nitrogens with two attached hydrogens (primary N) is 1. The minimum atomic E-state index is 0.818. The fourth-order valence-corrected chi connectivity index (χ4v) is 2.78. The third-order valence-corrected chi connectivity index (χ3v) is 3.94. The monoisotopic (exact) mass is 277 g/mol. The maximum atomic E-state index is 6.05. The molecule has 0 aliphatic carbocycles. The number of benzene rings is 2. The van der Waals surface area contributed by atoms with Crippen molar-refractivity contribution in [3.05, 3.63) is 65.5 Å². The summed E-state index contributed by atoms with van der Waals surface area (Å²) in [6.45, 7) is 6.21. The summed E-state index contributed by atoms with van der Waals surface area (Å²) in [5, 5.41) is 4.70. The Hall–Kier alpha value is -2.55. The first-order valence-corrected chi connectivity index (χ1v) is 7.06. The van der Waals surface area contributed by atoms with E-state index in [4.69, 9.17) is 10.8 Å². The van der Waals surface area contributed by atoms with Gasteiger partial charge < -0.3 is 5.73 Å². The highest BCUT2D eigenvalue weighted by Gasteiger charge is 2.16. The summed E-state index contributed by atoms with van der Waals surface area (Å²) in [5.74, 6) is 0. The van der Waals surface area contributed by atoms with Gasteiger partial charge >= 0.3 is 0 Å². The van der Waals surface area contributed by atoms with Crippen LogP contribution in [-0.2, 0) is 0 Å². The van der Waals surface area contributed by atoms with E-state index in [0.717, 1.165) is 33.9 Å². The van der Waals surface area contributed by atoms with Crippen molar-refractivity contribution in [1.29, 1.82) is 0 Å². The Morgan fingerprint density at radius 1 is 0.905 bits per heavy atom. The first-order chi connectivity index (χ1) is 10.1. The van der Waals surface area contributed by atoms with Crippen LogP contribution in [0.1, 0.15) is 17.0 Å². The molecule has 0 unspecified atom stereocenters. The summed E-state index contributed by atoms with van der Waals surface area (Å²) in [5.41, 5.74) is 13.5. The second-order valence-electron chi connectivity index (χ2n) is 5.31. The number of anilines is 1. The van der Waals surface area contributed by atoms with Crippen LogP contribution < -0.4 is 5.73 Å². The SMILES string of the molecule is Cc1nn(-c2ccccc2)c(C)c1-c1cccc(N)c1C. The molecule has 1 heterocycles. The van der Waals surface area contributed by atoms with Crippen molar-refractivity contribution in [3.63, 3.8) is 0 Å². The van der Waals surface area contributed by atoms with Crippen LogP contribution in [0.4, 0.5) is 5.69 Å². The fourth-order valence-electron chi connectivity index (χ4n) is 2.78. The third-order valence-electron chi connectivity index (χ3n) is 3.94. The van der Waals surface area contributed by atoms with Gasteiger partial charge in [0.15, 0.2) is 0 Å². The molecule has 3 aromatic rings. The molecule has 0 fully saturated rings. The van der Waals surface area contributed by atoms with Gasteiger partial charge in [0.05, 0.1) is 11.4 Å². The van der Waals surface area contributed by atoms with Gasteiger partial charge in [-0.25, -0.2) is 4.68 Å². The van der Waals surface area contributed by atoms with Gasteiger partial charge in [0.2, 0.25) is 0 Å². The van der Waals surface area contributed by atoms with Crippen molar-refractivity contribution < 1.29 is 0 Å². The molecule has 3 heteroatoms. The van der Waals surface area contributed by atoms with Crippen LogP contribution in [0.2, 0.25) is 0 Å². The van der Waals surface area contributed by atoms with Crippen molar-refractivity contribution in [2.75, 3.05) is 5.73 Å². The van der Waals surface area contributed by atoms with Crippen molar-refractivity contribution in [3.8, 4) is 16.8 Å². The predicted molar refractivity (Wildman–Crippen MR) is 87.6 cm³/mol. The highest BCUT2D eigenvalue weighted by Crippen LogP contribution is 2.32. The largest absolute Gasteiger partial charge is 0.398 e. The maximum absolute atomic E-state index is 6.05. The maximum Gasteiger partial charge on any atom is 0.0679 e. The molecule has 0 aliphatic heterocycles. The molecule has 3 nitrogen and oxygen atoms in total. The smallest absolute Gasteiger partial charge is 0.0679 e. The first-order valence-electron chi connectivity index (χ1n) is 7.06. The molecule has 0 saturated heterocycles. The predicted octanol–water partition coefficient (Wildman–Crippen LogP) is 4.05. The lowest BCUT2D eigenvalue weighted by Crippen LogP contribution is -1.99. The topological polar surface area (TPSA) is 43.8 Å². The van der Waals surface area contributed by atoms with Gasteiger partial charge in [0, 0.05) is 16.9 Å². The lowest BCUT2D eigenvalue weighted by molar-refractivity contribution is 0.834. The number of para-hydroxylation sites is 1. The van der Waals surface area contributed by atoms with Gasteiger partial charge in [-0.2, -0.15) is 5.10 Å². The van der Waals surface area contributed by atoms with Gasteiger partial charge in [-0.15, -0.1) is 0 Å². The van der Waals surface area contributed by atoms with Crippen molar-refractivity contribution in [2.45, 2.75) is 20.8 Å². The zero-order valence-corrected chi connectivity index (χ0v) is 12.6. The molecule has 0 bridgehead atoms. The van der Waals surface area contributed by atoms with Crippen LogP contribution in [0.15, 0.2) is 48.5 Å². The number of nitrogen functional groups attached to an aromatic ring is 1. The molecule has 2 aromatic carbocycles. The second kappa shape index (κ2) is 5.09. The zero-order chi connectivity index (χ0) is 15.0. The number of aryl methyl sites for hydroxylation is 1. The summed E-state index contributed by atoms with van der Waals surface area (Å²) in [4.78, 5) is 0. The summed E-state index contributed by atoms with van der Waals surface area (Å²) in [6.07, 6.45) is 0. The van der Waals surface area contributed by atoms with Crippen LogP contribution in [0.5, 0.6) is 0 Å². The van der Waals surface area contributed by atoms with E-state index in [0.29, 0.717) is 0 Å². The number of hydrogen-bond acceptors (Lipinski definition) is 2. The van der Waals surface area contributed by atoms with Crippen molar-refractivity contribution in [1.82, 2.24) is 9.78 Å². The molecule has 0 saturated carbocycles. The Morgan fingerprint density at radius 2 is 1.62 bits per heavy atom. The molecule has 106 valence electrons. The summed E-state index contributed by atoms with van der Waals surface area (Å²) < 4.78 is 1.99. The molecule has 0 amide bonds. The third kappa shape index (κ3) is 2.21. The number of hydrogen-bond donors (Lipinski definition) is 1. The Kier molecular flexibility index (Phi) is 3.26. The number of rotatable bonds is 2. The van der Waals surface area contributed by atoms with Crippen molar-refractivity contribution in [2.24, 2.45) is 0 Å². The van der Waals surface area contributed by atoms with Crippen LogP contribution >= 0.6 is 0 Å². The lowest BCUT2D eigenvalue weighted by Gasteiger charge is -2.09. The van der Waals surface area contributed by atoms with Gasteiger partial charge in [-0.3, -0.25) is 0 Å². The van der Waals surface area contributed by atoms with E-state index >= 15 is 0 Å². The second-order valence-corrected chi connectivity index (χ2v) is 5.31. The molecule has 2 N–H and O–H groups in total. The van der Waals surface area contributed by atoms with Gasteiger partial charge in [0.25, 0.3) is 0 Å². The van der Waals surface area contributed by atoms with E-state index in [2.05, 4.69) is 32.0 Å². The lowest BCUT2D eigenvalue weighted by atomic mass is 9.98. The van der Waals surface area contributed by atoms with E-state index in [9.17, 15) is 0 Å². The average molecular weight is 277 g/mol. The molecular weight excluding hydrogens is 258 g/mol. The normalized spacial score (nSPS) is 10.8. The minimum absolute atomic E-state index is 0.818. The molecule has 1 aromatic heterocycles. The number of nitrogens with zero attached hydrogens (tertiary/aromatic N) is 2. The molecule has 0 aliphatic rings. The Labute approximate surface area is 125 Å². The zero-order valence-electron chi connectivity index (χ0n) is 12.6. The summed E-state index contributed by atoms with van der Waals surface area (Å²) in [7, 11) is 0. The van der Waals surface area contributed by atoms with Crippen LogP contribution in [0.3, 0.4) is 0 Å². The van der Waals surface area contributed by atoms with E-state index in [1.54, 1.807) is 0 Å². The minimum Gasteiger partial charge on any atom is -0.398 e. The van der Waals surface area contributed by atoms with Gasteiger partial charge in [-0.05, 0) is 50.1 Å². The first kappa shape index (κ1) is 13.4. The van der Waals surface area contributed by atoms with Crippen molar-refractivity contribution >= 4 is 5.69 Å². The van der Waals surface area contributed by atoms with E-state index in [-0.39, 0.29) is 0 Å². The average Bonchev–Trinajstić information content (AvgIpc) is 2.78. The summed E-state index contributed by atoms with van der Waals surface area (Å²) >= 11 is 0. The molecule has 0 radical (unpaired) electrons. The van der Waals surface area contributed by atoms with E-state index in [1.807, 2.05) is 41.9 Å². The Bertz CT molecular complexity index is 786.